The fourth-order valence-corrected chi connectivity index (χ4v) is 6.18. The van der Waals surface area contributed by atoms with Gasteiger partial charge < -0.3 is 24.8 Å². The van der Waals surface area contributed by atoms with E-state index in [1.54, 1.807) is 38.8 Å². The first-order valence-electron chi connectivity index (χ1n) is 8.32. The maximum atomic E-state index is 2.49. The second-order valence-electron chi connectivity index (χ2n) is 7.63. The molecule has 2 aromatic rings. The first kappa shape index (κ1) is 20.9. The third-order valence-corrected chi connectivity index (χ3v) is 8.56. The molecule has 0 N–H and O–H groups in total. The van der Waals surface area contributed by atoms with Gasteiger partial charge in [-0.15, -0.1) is 0 Å². The van der Waals surface area contributed by atoms with E-state index in [1.165, 1.54) is 27.8 Å². The molecule has 0 spiro atoms. The molecule has 0 atom stereocenters. The third-order valence-electron chi connectivity index (χ3n) is 5.07. The number of hydrogen-bond acceptors (Lipinski definition) is 0. The Morgan fingerprint density at radius 2 is 1.56 bits per heavy atom. The van der Waals surface area contributed by atoms with Crippen LogP contribution >= 0.6 is 0 Å². The Labute approximate surface area is 179 Å². The largest absolute Gasteiger partial charge is 1.00 e. The number of allylic oxidation sites excluding steroid dienone is 4. The summed E-state index contributed by atoms with van der Waals surface area (Å²) in [6, 6.07) is 13.6. The minimum atomic E-state index is -1.20. The average molecular weight is 464 g/mol. The predicted octanol–water partition coefficient (Wildman–Crippen LogP) is -0.971. The molecule has 0 aromatic heterocycles. The van der Waals surface area contributed by atoms with E-state index in [2.05, 4.69) is 68.2 Å². The zero-order valence-electron chi connectivity index (χ0n) is 14.8. The van der Waals surface area contributed by atoms with E-state index < -0.39 is 8.07 Å². The van der Waals surface area contributed by atoms with E-state index in [-0.39, 0.29) is 24.8 Å². The minimum Gasteiger partial charge on any atom is -1.00 e. The van der Waals surface area contributed by atoms with Gasteiger partial charge in [0, 0.05) is 0 Å². The van der Waals surface area contributed by atoms with Crippen molar-refractivity contribution in [3.8, 4) is 11.1 Å². The van der Waals surface area contributed by atoms with E-state index >= 15 is 0 Å². The summed E-state index contributed by atoms with van der Waals surface area (Å²) >= 11 is 1.54. The van der Waals surface area contributed by atoms with E-state index in [1.807, 2.05) is 0 Å². The zero-order chi connectivity index (χ0) is 16.2. The van der Waals surface area contributed by atoms with Crippen molar-refractivity contribution < 1.29 is 49.5 Å². The van der Waals surface area contributed by atoms with Gasteiger partial charge in [-0.05, 0) is 0 Å². The molecule has 0 saturated carbocycles. The fourth-order valence-electron chi connectivity index (χ4n) is 3.71. The second kappa shape index (κ2) is 7.69. The van der Waals surface area contributed by atoms with Gasteiger partial charge in [-0.25, -0.2) is 0 Å². The van der Waals surface area contributed by atoms with Crippen LogP contribution in [0.2, 0.25) is 19.6 Å². The normalized spacial score (nSPS) is 14.8. The first-order valence-corrected chi connectivity index (χ1v) is 13.1. The van der Waals surface area contributed by atoms with Gasteiger partial charge in [0.15, 0.2) is 0 Å². The summed E-state index contributed by atoms with van der Waals surface area (Å²) in [5.74, 6) is 0. The molecule has 0 radical (unpaired) electrons. The molecule has 2 aliphatic carbocycles. The number of halogens is 2. The summed E-state index contributed by atoms with van der Waals surface area (Å²) in [6.45, 7) is 7.32. The molecule has 4 rings (SSSR count). The molecule has 0 amide bonds. The smallest absolute Gasteiger partial charge is 1.00 e. The van der Waals surface area contributed by atoms with Crippen molar-refractivity contribution in [3.63, 3.8) is 0 Å². The van der Waals surface area contributed by atoms with Crippen molar-refractivity contribution in [2.45, 2.75) is 32.5 Å². The molecule has 2 aromatic carbocycles. The molecule has 25 heavy (non-hydrogen) atoms. The fraction of sp³-hybridized carbons (Fsp3) is 0.238. The Morgan fingerprint density at radius 3 is 2.24 bits per heavy atom. The van der Waals surface area contributed by atoms with Crippen molar-refractivity contribution in [3.05, 3.63) is 70.4 Å². The van der Waals surface area contributed by atoms with Gasteiger partial charge in [-0.1, -0.05) is 0 Å². The second-order valence-corrected chi connectivity index (χ2v) is 13.9. The van der Waals surface area contributed by atoms with Crippen LogP contribution in [-0.4, -0.2) is 8.07 Å². The SMILES string of the molecule is C[Si](C)(C)C1=CCC(c2ccc3c([c]2[Zr+2])Cc2ccccc2-3)=C1.[Cl-].[Cl-]. The standard InChI is InChI=1S/C21H21Si.2ClH.Zr/c1-22(2,3)19-10-8-16(14-19)15-9-11-21-18(12-15)13-17-6-4-5-7-20(17)21;;;/h4-7,9-11,14H,8,13H2,1-3H3;2*1H;/q;;;+2/p-2. The minimum absolute atomic E-state index is 0. The van der Waals surface area contributed by atoms with Crippen molar-refractivity contribution in [1.29, 1.82) is 0 Å². The van der Waals surface area contributed by atoms with Crippen molar-refractivity contribution in [1.82, 2.24) is 0 Å². The Morgan fingerprint density at radius 1 is 0.880 bits per heavy atom. The van der Waals surface area contributed by atoms with Crippen LogP contribution < -0.4 is 28.1 Å². The quantitative estimate of drug-likeness (QED) is 0.429. The van der Waals surface area contributed by atoms with Gasteiger partial charge in [0.25, 0.3) is 0 Å². The van der Waals surface area contributed by atoms with Crippen LogP contribution in [0.25, 0.3) is 16.7 Å². The molecule has 4 heteroatoms. The van der Waals surface area contributed by atoms with Crippen LogP contribution in [0.4, 0.5) is 0 Å². The van der Waals surface area contributed by atoms with E-state index in [4.69, 9.17) is 0 Å². The predicted molar refractivity (Wildman–Crippen MR) is 98.3 cm³/mol. The number of rotatable bonds is 2. The molecule has 2 aliphatic rings. The van der Waals surface area contributed by atoms with E-state index in [0.29, 0.717) is 0 Å². The van der Waals surface area contributed by atoms with Crippen LogP contribution in [0, 0.1) is 0 Å². The molecule has 0 saturated heterocycles. The van der Waals surface area contributed by atoms with Crippen LogP contribution in [-0.2, 0) is 31.1 Å². The Hall–Kier alpha value is -0.400. The summed E-state index contributed by atoms with van der Waals surface area (Å²) < 4.78 is 1.57. The number of hydrogen-bond donors (Lipinski definition) is 0. The van der Waals surface area contributed by atoms with Gasteiger partial charge in [0.2, 0.25) is 0 Å². The Bertz CT molecular complexity index is 876. The van der Waals surface area contributed by atoms with Crippen molar-refractivity contribution in [2.75, 3.05) is 0 Å². The summed E-state index contributed by atoms with van der Waals surface area (Å²) in [5.41, 5.74) is 9.01. The molecule has 0 fully saturated rings. The molecule has 0 aliphatic heterocycles. The molecule has 0 unspecified atom stereocenters. The van der Waals surface area contributed by atoms with Gasteiger partial charge >= 0.3 is 156 Å². The van der Waals surface area contributed by atoms with Crippen molar-refractivity contribution in [2.24, 2.45) is 0 Å². The van der Waals surface area contributed by atoms with Crippen LogP contribution in [0.5, 0.6) is 0 Å². The van der Waals surface area contributed by atoms with Crippen molar-refractivity contribution >= 4 is 16.9 Å². The molecular formula is C21H21Cl2SiZr. The third kappa shape index (κ3) is 3.69. The van der Waals surface area contributed by atoms with E-state index in [9.17, 15) is 0 Å². The van der Waals surface area contributed by atoms with Crippen LogP contribution in [0.3, 0.4) is 0 Å². The summed E-state index contributed by atoms with van der Waals surface area (Å²) in [6.07, 6.45) is 7.19. The molecule has 0 bridgehead atoms. The summed E-state index contributed by atoms with van der Waals surface area (Å²) in [5, 5.41) is 1.62. The first-order chi connectivity index (χ1) is 10.9. The van der Waals surface area contributed by atoms with Crippen LogP contribution in [0.1, 0.15) is 23.1 Å². The number of fused-ring (bicyclic) bond motifs is 3. The van der Waals surface area contributed by atoms with Crippen LogP contribution in [0.15, 0.2) is 53.7 Å². The monoisotopic (exact) mass is 461 g/mol. The average Bonchev–Trinajstić information content (AvgIpc) is 3.12. The Balaban J connectivity index is 0.00000113. The Kier molecular flexibility index (Phi) is 6.43. The van der Waals surface area contributed by atoms with Gasteiger partial charge in [0.1, 0.15) is 0 Å². The maximum absolute atomic E-state index is 2.49. The zero-order valence-corrected chi connectivity index (χ0v) is 19.8. The molecule has 0 nitrogen and oxygen atoms in total. The molecular weight excluding hydrogens is 442 g/mol. The topological polar surface area (TPSA) is 0 Å². The number of benzene rings is 2. The molecule has 0 heterocycles. The summed E-state index contributed by atoms with van der Waals surface area (Å²) in [7, 11) is -1.20. The van der Waals surface area contributed by atoms with E-state index in [0.717, 1.165) is 12.8 Å². The van der Waals surface area contributed by atoms with Gasteiger partial charge in [-0.3, -0.25) is 0 Å². The van der Waals surface area contributed by atoms with Gasteiger partial charge in [0.05, 0.1) is 0 Å². The summed E-state index contributed by atoms with van der Waals surface area (Å²) in [4.78, 5) is 0. The van der Waals surface area contributed by atoms with Gasteiger partial charge in [-0.2, -0.15) is 0 Å². The molecule has 127 valence electrons. The maximum Gasteiger partial charge on any atom is -1.00 e.